The SMILES string of the molecule is C=CC(=O)N(CCCCCC=O)C(C)=O. The Morgan fingerprint density at radius 3 is 2.40 bits per heavy atom. The number of rotatable bonds is 7. The summed E-state index contributed by atoms with van der Waals surface area (Å²) in [6, 6.07) is 0. The average Bonchev–Trinajstić information content (AvgIpc) is 2.22. The fourth-order valence-corrected chi connectivity index (χ4v) is 1.21. The molecular formula is C11H17NO3. The van der Waals surface area contributed by atoms with Gasteiger partial charge in [-0.3, -0.25) is 14.5 Å². The van der Waals surface area contributed by atoms with Gasteiger partial charge in [0.05, 0.1) is 0 Å². The smallest absolute Gasteiger partial charge is 0.252 e. The zero-order valence-electron chi connectivity index (χ0n) is 9.07. The second-order valence-electron chi connectivity index (χ2n) is 3.23. The highest BCUT2D eigenvalue weighted by molar-refractivity contribution is 5.99. The molecular weight excluding hydrogens is 194 g/mol. The van der Waals surface area contributed by atoms with Crippen molar-refractivity contribution in [1.82, 2.24) is 4.90 Å². The van der Waals surface area contributed by atoms with Crippen LogP contribution >= 0.6 is 0 Å². The van der Waals surface area contributed by atoms with Crippen LogP contribution in [0.1, 0.15) is 32.6 Å². The molecule has 2 amide bonds. The number of hydrogen-bond donors (Lipinski definition) is 0. The lowest BCUT2D eigenvalue weighted by atomic mass is 10.2. The molecule has 0 N–H and O–H groups in total. The first kappa shape index (κ1) is 13.5. The lowest BCUT2D eigenvalue weighted by Gasteiger charge is -2.16. The summed E-state index contributed by atoms with van der Waals surface area (Å²) in [5.41, 5.74) is 0. The molecule has 4 heteroatoms. The summed E-state index contributed by atoms with van der Waals surface area (Å²) in [5, 5.41) is 0. The Kier molecular flexibility index (Phi) is 7.14. The zero-order valence-corrected chi connectivity index (χ0v) is 9.07. The standard InChI is InChI=1S/C11H17NO3/c1-3-11(15)12(10(2)14)8-6-4-5-7-9-13/h3,9H,1,4-8H2,2H3. The van der Waals surface area contributed by atoms with Gasteiger partial charge in [0.1, 0.15) is 6.29 Å². The molecule has 0 saturated heterocycles. The summed E-state index contributed by atoms with van der Waals surface area (Å²) < 4.78 is 0. The fraction of sp³-hybridized carbons (Fsp3) is 0.545. The van der Waals surface area contributed by atoms with Crippen molar-refractivity contribution in [3.8, 4) is 0 Å². The lowest BCUT2D eigenvalue weighted by Crippen LogP contribution is -2.34. The van der Waals surface area contributed by atoms with Crippen molar-refractivity contribution in [2.75, 3.05) is 6.54 Å². The third kappa shape index (κ3) is 5.78. The maximum absolute atomic E-state index is 11.2. The zero-order chi connectivity index (χ0) is 11.7. The van der Waals surface area contributed by atoms with E-state index in [0.717, 1.165) is 36.5 Å². The van der Waals surface area contributed by atoms with Gasteiger partial charge in [-0.25, -0.2) is 0 Å². The van der Waals surface area contributed by atoms with Gasteiger partial charge < -0.3 is 4.79 Å². The molecule has 0 heterocycles. The van der Waals surface area contributed by atoms with E-state index >= 15 is 0 Å². The van der Waals surface area contributed by atoms with Crippen molar-refractivity contribution in [1.29, 1.82) is 0 Å². The second kappa shape index (κ2) is 7.91. The number of carbonyl (C=O) groups excluding carboxylic acids is 3. The van der Waals surface area contributed by atoms with Gasteiger partial charge in [0.15, 0.2) is 0 Å². The summed E-state index contributed by atoms with van der Waals surface area (Å²) in [6.45, 7) is 5.09. The van der Waals surface area contributed by atoms with Crippen molar-refractivity contribution >= 4 is 18.1 Å². The third-order valence-corrected chi connectivity index (χ3v) is 2.02. The Morgan fingerprint density at radius 2 is 1.93 bits per heavy atom. The van der Waals surface area contributed by atoms with Crippen LogP contribution in [0.15, 0.2) is 12.7 Å². The highest BCUT2D eigenvalue weighted by Gasteiger charge is 2.13. The van der Waals surface area contributed by atoms with Crippen molar-refractivity contribution in [3.63, 3.8) is 0 Å². The molecule has 15 heavy (non-hydrogen) atoms. The molecule has 0 aromatic rings. The lowest BCUT2D eigenvalue weighted by molar-refractivity contribution is -0.140. The van der Waals surface area contributed by atoms with E-state index < -0.39 is 0 Å². The summed E-state index contributed by atoms with van der Waals surface area (Å²) in [6.07, 6.45) is 4.91. The first-order valence-corrected chi connectivity index (χ1v) is 5.01. The van der Waals surface area contributed by atoms with Gasteiger partial charge in [-0.05, 0) is 18.9 Å². The number of imide groups is 1. The van der Waals surface area contributed by atoms with Crippen LogP contribution < -0.4 is 0 Å². The molecule has 4 nitrogen and oxygen atoms in total. The number of nitrogens with zero attached hydrogens (tertiary/aromatic N) is 1. The fourth-order valence-electron chi connectivity index (χ4n) is 1.21. The van der Waals surface area contributed by atoms with E-state index in [2.05, 4.69) is 6.58 Å². The van der Waals surface area contributed by atoms with Crippen molar-refractivity contribution < 1.29 is 14.4 Å². The molecule has 0 aliphatic carbocycles. The minimum absolute atomic E-state index is 0.268. The number of aldehydes is 1. The van der Waals surface area contributed by atoms with E-state index in [0.29, 0.717) is 13.0 Å². The molecule has 0 aromatic heterocycles. The Hall–Kier alpha value is -1.45. The van der Waals surface area contributed by atoms with E-state index in [1.54, 1.807) is 0 Å². The highest BCUT2D eigenvalue weighted by atomic mass is 16.2. The van der Waals surface area contributed by atoms with Crippen LogP contribution in [0.25, 0.3) is 0 Å². The molecule has 0 saturated carbocycles. The number of carbonyl (C=O) groups is 3. The molecule has 0 atom stereocenters. The van der Waals surface area contributed by atoms with Gasteiger partial charge >= 0.3 is 0 Å². The monoisotopic (exact) mass is 211 g/mol. The molecule has 0 aromatic carbocycles. The Bertz CT molecular complexity index is 248. The topological polar surface area (TPSA) is 54.5 Å². The molecule has 0 fully saturated rings. The largest absolute Gasteiger partial charge is 0.303 e. The minimum Gasteiger partial charge on any atom is -0.303 e. The van der Waals surface area contributed by atoms with E-state index in [1.807, 2.05) is 0 Å². The molecule has 0 aliphatic heterocycles. The summed E-state index contributed by atoms with van der Waals surface area (Å²) in [7, 11) is 0. The van der Waals surface area contributed by atoms with Gasteiger partial charge in [-0.15, -0.1) is 0 Å². The van der Waals surface area contributed by atoms with Crippen molar-refractivity contribution in [2.24, 2.45) is 0 Å². The molecule has 0 unspecified atom stereocenters. The van der Waals surface area contributed by atoms with E-state index in [9.17, 15) is 14.4 Å². The van der Waals surface area contributed by atoms with Crippen molar-refractivity contribution in [3.05, 3.63) is 12.7 Å². The average molecular weight is 211 g/mol. The molecule has 0 radical (unpaired) electrons. The predicted molar refractivity (Wildman–Crippen MR) is 57.1 cm³/mol. The number of amides is 2. The van der Waals surface area contributed by atoms with Crippen LogP contribution in [0.3, 0.4) is 0 Å². The van der Waals surface area contributed by atoms with E-state index in [-0.39, 0.29) is 11.8 Å². The maximum atomic E-state index is 11.2. The predicted octanol–water partition coefficient (Wildman–Crippen LogP) is 1.31. The van der Waals surface area contributed by atoms with Crippen LogP contribution in [0, 0.1) is 0 Å². The normalized spacial score (nSPS) is 9.40. The quantitative estimate of drug-likeness (QED) is 0.362. The molecule has 0 spiro atoms. The van der Waals surface area contributed by atoms with Crippen LogP contribution in [0.4, 0.5) is 0 Å². The number of unbranched alkanes of at least 4 members (excludes halogenated alkanes) is 3. The van der Waals surface area contributed by atoms with Crippen LogP contribution in [-0.2, 0) is 14.4 Å². The van der Waals surface area contributed by atoms with Gasteiger partial charge in [0.25, 0.3) is 5.91 Å². The van der Waals surface area contributed by atoms with Crippen LogP contribution in [-0.4, -0.2) is 29.5 Å². The summed E-state index contributed by atoms with van der Waals surface area (Å²) in [4.78, 5) is 33.5. The van der Waals surface area contributed by atoms with Gasteiger partial charge in [-0.2, -0.15) is 0 Å². The van der Waals surface area contributed by atoms with Crippen LogP contribution in [0.2, 0.25) is 0 Å². The summed E-state index contributed by atoms with van der Waals surface area (Å²) in [5.74, 6) is -0.631. The molecule has 0 rings (SSSR count). The Labute approximate surface area is 89.9 Å². The second-order valence-corrected chi connectivity index (χ2v) is 3.23. The number of hydrogen-bond acceptors (Lipinski definition) is 3. The minimum atomic E-state index is -0.363. The first-order chi connectivity index (χ1) is 7.13. The summed E-state index contributed by atoms with van der Waals surface area (Å²) >= 11 is 0. The van der Waals surface area contributed by atoms with E-state index in [1.165, 1.54) is 6.92 Å². The van der Waals surface area contributed by atoms with Gasteiger partial charge in [-0.1, -0.05) is 13.0 Å². The van der Waals surface area contributed by atoms with Gasteiger partial charge in [0.2, 0.25) is 5.91 Å². The highest BCUT2D eigenvalue weighted by Crippen LogP contribution is 2.02. The van der Waals surface area contributed by atoms with Crippen molar-refractivity contribution in [2.45, 2.75) is 32.6 Å². The third-order valence-electron chi connectivity index (χ3n) is 2.02. The molecule has 84 valence electrons. The van der Waals surface area contributed by atoms with Crippen LogP contribution in [0.5, 0.6) is 0 Å². The Balaban J connectivity index is 3.87. The first-order valence-electron chi connectivity index (χ1n) is 5.01. The Morgan fingerprint density at radius 1 is 1.27 bits per heavy atom. The van der Waals surface area contributed by atoms with Gasteiger partial charge in [0, 0.05) is 19.9 Å². The van der Waals surface area contributed by atoms with E-state index in [4.69, 9.17) is 0 Å². The maximum Gasteiger partial charge on any atom is 0.252 e. The molecule has 0 aliphatic rings. The molecule has 0 bridgehead atoms.